The molecule has 208 valence electrons. The maximum Gasteiger partial charge on any atom is 0.318 e. The average molecular weight is 569 g/mol. The maximum absolute atomic E-state index is 13.3. The lowest BCUT2D eigenvalue weighted by atomic mass is 10.0. The van der Waals surface area contributed by atoms with Gasteiger partial charge in [0.15, 0.2) is 0 Å². The zero-order chi connectivity index (χ0) is 27.8. The van der Waals surface area contributed by atoms with Gasteiger partial charge in [0.05, 0.1) is 11.3 Å². The van der Waals surface area contributed by atoms with Crippen molar-refractivity contribution in [2.24, 2.45) is 0 Å². The van der Waals surface area contributed by atoms with Crippen molar-refractivity contribution < 1.29 is 9.59 Å². The Hall–Kier alpha value is -3.01. The summed E-state index contributed by atoms with van der Waals surface area (Å²) in [5.74, 6) is -0.110. The lowest BCUT2D eigenvalue weighted by molar-refractivity contribution is 0.0903. The molecule has 1 aliphatic rings. The zero-order valence-electron chi connectivity index (χ0n) is 22.8. The molecule has 3 aromatic rings. The van der Waals surface area contributed by atoms with E-state index in [0.717, 1.165) is 49.0 Å². The SMILES string of the molecule is Cc1cc(Cl)nc(C)c1C(=O)NCCC(C)N1CCC(N(Cc2ccsc2)C(=O)NCc2cccnc2)CC1. The largest absolute Gasteiger partial charge is 0.352 e. The number of piperidine rings is 1. The van der Waals surface area contributed by atoms with Crippen LogP contribution in [0.25, 0.3) is 0 Å². The number of amides is 3. The highest BCUT2D eigenvalue weighted by atomic mass is 35.5. The molecule has 8 nitrogen and oxygen atoms in total. The highest BCUT2D eigenvalue weighted by molar-refractivity contribution is 7.07. The van der Waals surface area contributed by atoms with Gasteiger partial charge >= 0.3 is 6.03 Å². The van der Waals surface area contributed by atoms with Gasteiger partial charge in [0, 0.05) is 57.2 Å². The van der Waals surface area contributed by atoms with Gasteiger partial charge in [-0.25, -0.2) is 9.78 Å². The standard InChI is InChI=1S/C29H37ClN6O2S/c1-20-15-26(30)34-22(3)27(20)28(37)32-11-6-21(2)35-12-7-25(8-13-35)36(18-24-9-14-39-19-24)29(38)33-17-23-5-4-10-31-16-23/h4-5,9-10,14-16,19,21,25H,6-8,11-13,17-18H2,1-3H3,(H,32,37)(H,33,38). The van der Waals surface area contributed by atoms with Gasteiger partial charge < -0.3 is 20.4 Å². The van der Waals surface area contributed by atoms with Crippen LogP contribution >= 0.6 is 22.9 Å². The minimum atomic E-state index is -0.110. The third kappa shape index (κ3) is 8.00. The van der Waals surface area contributed by atoms with Crippen LogP contribution in [0.3, 0.4) is 0 Å². The van der Waals surface area contributed by atoms with Crippen LogP contribution in [0.4, 0.5) is 4.79 Å². The van der Waals surface area contributed by atoms with Crippen molar-refractivity contribution in [2.45, 2.75) is 65.2 Å². The van der Waals surface area contributed by atoms with E-state index in [0.29, 0.717) is 42.1 Å². The lowest BCUT2D eigenvalue weighted by Gasteiger charge is -2.40. The van der Waals surface area contributed by atoms with Gasteiger partial charge in [-0.1, -0.05) is 17.7 Å². The van der Waals surface area contributed by atoms with Crippen molar-refractivity contribution in [1.82, 2.24) is 30.4 Å². The van der Waals surface area contributed by atoms with E-state index in [9.17, 15) is 9.59 Å². The number of carbonyl (C=O) groups excluding carboxylic acids is 2. The molecule has 0 saturated carbocycles. The van der Waals surface area contributed by atoms with E-state index < -0.39 is 0 Å². The second kappa shape index (κ2) is 13.9. The fraction of sp³-hybridized carbons (Fsp3) is 0.448. The average Bonchev–Trinajstić information content (AvgIpc) is 3.44. The summed E-state index contributed by atoms with van der Waals surface area (Å²) in [6.45, 7) is 9.36. The summed E-state index contributed by atoms with van der Waals surface area (Å²) in [5, 5.41) is 10.7. The van der Waals surface area contributed by atoms with E-state index in [4.69, 9.17) is 11.6 Å². The number of aryl methyl sites for hydroxylation is 2. The molecule has 1 fully saturated rings. The summed E-state index contributed by atoms with van der Waals surface area (Å²) in [5.41, 5.74) is 4.21. The molecular weight excluding hydrogens is 532 g/mol. The number of likely N-dealkylation sites (tertiary alicyclic amines) is 1. The minimum Gasteiger partial charge on any atom is -0.352 e. The second-order valence-corrected chi connectivity index (χ2v) is 11.3. The Bertz CT molecular complexity index is 1210. The van der Waals surface area contributed by atoms with Crippen LogP contribution in [-0.2, 0) is 13.1 Å². The fourth-order valence-electron chi connectivity index (χ4n) is 5.16. The molecule has 2 N–H and O–H groups in total. The molecule has 1 atom stereocenters. The number of halogens is 1. The number of rotatable bonds is 10. The fourth-order valence-corrected chi connectivity index (χ4v) is 6.11. The molecule has 0 aliphatic carbocycles. The first-order chi connectivity index (χ1) is 18.8. The second-order valence-electron chi connectivity index (χ2n) is 10.2. The molecule has 4 heterocycles. The van der Waals surface area contributed by atoms with Gasteiger partial charge in [-0.15, -0.1) is 0 Å². The summed E-state index contributed by atoms with van der Waals surface area (Å²) in [6, 6.07) is 8.10. The molecule has 0 spiro atoms. The van der Waals surface area contributed by atoms with E-state index in [1.54, 1.807) is 36.7 Å². The summed E-state index contributed by atoms with van der Waals surface area (Å²) in [4.78, 5) is 38.8. The molecule has 1 unspecified atom stereocenters. The van der Waals surface area contributed by atoms with Gasteiger partial charge in [-0.05, 0) is 85.7 Å². The van der Waals surface area contributed by atoms with Crippen molar-refractivity contribution >= 4 is 34.9 Å². The number of hydrogen-bond acceptors (Lipinski definition) is 6. The van der Waals surface area contributed by atoms with Gasteiger partial charge in [0.1, 0.15) is 5.15 Å². The van der Waals surface area contributed by atoms with E-state index in [1.165, 1.54) is 0 Å². The van der Waals surface area contributed by atoms with Gasteiger partial charge in [-0.2, -0.15) is 11.3 Å². The molecule has 3 amide bonds. The first-order valence-electron chi connectivity index (χ1n) is 13.4. The topological polar surface area (TPSA) is 90.5 Å². The van der Waals surface area contributed by atoms with Crippen molar-refractivity contribution in [3.05, 3.63) is 80.5 Å². The van der Waals surface area contributed by atoms with Crippen LogP contribution in [0, 0.1) is 13.8 Å². The van der Waals surface area contributed by atoms with Crippen LogP contribution in [0.15, 0.2) is 47.4 Å². The first-order valence-corrected chi connectivity index (χ1v) is 14.7. The Morgan fingerprint density at radius 2 is 2.00 bits per heavy atom. The van der Waals surface area contributed by atoms with E-state index in [2.05, 4.69) is 49.3 Å². The van der Waals surface area contributed by atoms with Crippen molar-refractivity contribution in [3.8, 4) is 0 Å². The first kappa shape index (κ1) is 29.0. The highest BCUT2D eigenvalue weighted by Gasteiger charge is 2.30. The number of urea groups is 1. The number of hydrogen-bond donors (Lipinski definition) is 2. The number of nitrogens with one attached hydrogen (secondary N) is 2. The van der Waals surface area contributed by atoms with Crippen LogP contribution in [0.1, 0.15) is 58.9 Å². The van der Waals surface area contributed by atoms with E-state index >= 15 is 0 Å². The van der Waals surface area contributed by atoms with Crippen LogP contribution < -0.4 is 10.6 Å². The van der Waals surface area contributed by atoms with Gasteiger partial charge in [-0.3, -0.25) is 9.78 Å². The minimum absolute atomic E-state index is 0.0402. The number of aromatic nitrogens is 2. The molecular formula is C29H37ClN6O2S. The zero-order valence-corrected chi connectivity index (χ0v) is 24.4. The highest BCUT2D eigenvalue weighted by Crippen LogP contribution is 2.23. The van der Waals surface area contributed by atoms with Gasteiger partial charge in [0.25, 0.3) is 5.91 Å². The maximum atomic E-state index is 13.3. The molecule has 3 aromatic heterocycles. The number of thiophene rings is 1. The van der Waals surface area contributed by atoms with E-state index in [-0.39, 0.29) is 18.0 Å². The Labute approximate surface area is 239 Å². The molecule has 1 saturated heterocycles. The third-order valence-electron chi connectivity index (χ3n) is 7.36. The Kier molecular flexibility index (Phi) is 10.3. The molecule has 0 aromatic carbocycles. The van der Waals surface area contributed by atoms with Gasteiger partial charge in [0.2, 0.25) is 0 Å². The molecule has 1 aliphatic heterocycles. The normalized spacial score (nSPS) is 15.1. The monoisotopic (exact) mass is 568 g/mol. The summed E-state index contributed by atoms with van der Waals surface area (Å²) >= 11 is 7.66. The van der Waals surface area contributed by atoms with Crippen molar-refractivity contribution in [2.75, 3.05) is 19.6 Å². The molecule has 10 heteroatoms. The van der Waals surface area contributed by atoms with Crippen molar-refractivity contribution in [1.29, 1.82) is 0 Å². The van der Waals surface area contributed by atoms with Crippen molar-refractivity contribution in [3.63, 3.8) is 0 Å². The number of pyridine rings is 2. The number of nitrogens with zero attached hydrogens (tertiary/aromatic N) is 4. The molecule has 4 rings (SSSR count). The van der Waals surface area contributed by atoms with Crippen LogP contribution in [0.5, 0.6) is 0 Å². The summed E-state index contributed by atoms with van der Waals surface area (Å²) < 4.78 is 0. The summed E-state index contributed by atoms with van der Waals surface area (Å²) in [7, 11) is 0. The summed E-state index contributed by atoms with van der Waals surface area (Å²) in [6.07, 6.45) is 6.18. The lowest BCUT2D eigenvalue weighted by Crippen LogP contribution is -2.51. The molecule has 39 heavy (non-hydrogen) atoms. The molecule has 0 bridgehead atoms. The number of carbonyl (C=O) groups is 2. The Balaban J connectivity index is 1.27. The molecule has 0 radical (unpaired) electrons. The van der Waals surface area contributed by atoms with E-state index in [1.807, 2.05) is 24.0 Å². The smallest absolute Gasteiger partial charge is 0.318 e. The van der Waals surface area contributed by atoms with Crippen LogP contribution in [0.2, 0.25) is 5.15 Å². The Morgan fingerprint density at radius 3 is 2.67 bits per heavy atom. The quantitative estimate of drug-likeness (QED) is 0.328. The van der Waals surface area contributed by atoms with Crippen LogP contribution in [-0.4, -0.2) is 63.4 Å². The third-order valence-corrected chi connectivity index (χ3v) is 8.29. The predicted molar refractivity (Wildman–Crippen MR) is 156 cm³/mol. The Morgan fingerprint density at radius 1 is 1.21 bits per heavy atom. The predicted octanol–water partition coefficient (Wildman–Crippen LogP) is 5.19.